The van der Waals surface area contributed by atoms with Crippen molar-refractivity contribution in [2.45, 2.75) is 56.9 Å². The second-order valence-corrected chi connectivity index (χ2v) is 10.9. The number of hydrogen-bond donors (Lipinski definition) is 2. The molecule has 12 heteroatoms. The van der Waals surface area contributed by atoms with Gasteiger partial charge in [0.05, 0.1) is 12.2 Å². The summed E-state index contributed by atoms with van der Waals surface area (Å²) >= 11 is 0. The van der Waals surface area contributed by atoms with E-state index in [4.69, 9.17) is 42.6 Å². The average molecular weight is 567 g/mol. The third-order valence-corrected chi connectivity index (χ3v) is 7.93. The number of rotatable bonds is 4. The molecule has 0 bridgehead atoms. The van der Waals surface area contributed by atoms with Crippen molar-refractivity contribution in [3.63, 3.8) is 0 Å². The number of esters is 1. The molecule has 5 atom stereocenters. The summed E-state index contributed by atoms with van der Waals surface area (Å²) in [4.78, 5) is 13.3. The first-order chi connectivity index (χ1) is 19.8. The van der Waals surface area contributed by atoms with Crippen molar-refractivity contribution in [2.24, 2.45) is 0 Å². The molecule has 41 heavy (non-hydrogen) atoms. The molecular formula is C29H26O12. The molecule has 3 aromatic carbocycles. The van der Waals surface area contributed by atoms with Crippen LogP contribution in [-0.2, 0) is 25.6 Å². The lowest BCUT2D eigenvalue weighted by Crippen LogP contribution is -2.58. The highest BCUT2D eigenvalue weighted by Gasteiger charge is 2.55. The Balaban J connectivity index is 1.30. The fourth-order valence-electron chi connectivity index (χ4n) is 6.17. The fourth-order valence-corrected chi connectivity index (χ4v) is 6.17. The van der Waals surface area contributed by atoms with Crippen molar-refractivity contribution >= 4 is 16.7 Å². The van der Waals surface area contributed by atoms with E-state index in [0.29, 0.717) is 56.0 Å². The van der Waals surface area contributed by atoms with Crippen LogP contribution in [0.25, 0.3) is 21.9 Å². The summed E-state index contributed by atoms with van der Waals surface area (Å²) in [5.74, 6) is 0.939. The summed E-state index contributed by atoms with van der Waals surface area (Å²) in [6.07, 6.45) is -4.85. The molecule has 5 aliphatic heterocycles. The third-order valence-electron chi connectivity index (χ3n) is 7.93. The van der Waals surface area contributed by atoms with E-state index in [-0.39, 0.29) is 32.5 Å². The van der Waals surface area contributed by atoms with E-state index in [1.807, 2.05) is 12.1 Å². The zero-order valence-electron chi connectivity index (χ0n) is 22.1. The third kappa shape index (κ3) is 3.75. The van der Waals surface area contributed by atoms with Crippen molar-refractivity contribution in [1.82, 2.24) is 0 Å². The molecular weight excluding hydrogens is 540 g/mol. The standard InChI is InChI=1S/C29H26O12/c1-29(2)40-25-20(8-30)38-28(23(31)26(25)41-29)39-24-14-7-19-18(36-11-37-19)6-13(14)21(22-15(24)9-33-27(22)32)12-3-4-16-17(5-12)35-10-34-16/h3-7,20,23,25-26,28,30-31H,8-11H2,1-2H3. The number of aliphatic hydroxyl groups excluding tert-OH is 2. The molecule has 2 N–H and O–H groups in total. The Kier molecular flexibility index (Phi) is 5.38. The molecule has 0 amide bonds. The minimum Gasteiger partial charge on any atom is -0.461 e. The molecule has 8 rings (SSSR count). The van der Waals surface area contributed by atoms with E-state index < -0.39 is 42.5 Å². The van der Waals surface area contributed by atoms with Gasteiger partial charge in [-0.15, -0.1) is 0 Å². The van der Waals surface area contributed by atoms with Crippen LogP contribution in [0.4, 0.5) is 0 Å². The highest BCUT2D eigenvalue weighted by molar-refractivity contribution is 6.14. The largest absolute Gasteiger partial charge is 0.461 e. The van der Waals surface area contributed by atoms with E-state index in [9.17, 15) is 15.0 Å². The molecule has 3 aromatic rings. The van der Waals surface area contributed by atoms with Gasteiger partial charge >= 0.3 is 5.97 Å². The molecule has 12 nitrogen and oxygen atoms in total. The normalized spacial score (nSPS) is 28.5. The van der Waals surface area contributed by atoms with Crippen LogP contribution in [0, 0.1) is 0 Å². The molecule has 2 saturated heterocycles. The second kappa shape index (κ2) is 8.84. The molecule has 0 aliphatic carbocycles. The van der Waals surface area contributed by atoms with Gasteiger partial charge < -0.3 is 52.8 Å². The topological polar surface area (TPSA) is 141 Å². The monoisotopic (exact) mass is 566 g/mol. The Labute approximate surface area is 233 Å². The molecule has 0 radical (unpaired) electrons. The summed E-state index contributed by atoms with van der Waals surface area (Å²) in [5.41, 5.74) is 2.11. The quantitative estimate of drug-likeness (QED) is 0.449. The maximum absolute atomic E-state index is 13.3. The predicted octanol–water partition coefficient (Wildman–Crippen LogP) is 2.61. The van der Waals surface area contributed by atoms with Gasteiger partial charge in [0.2, 0.25) is 19.9 Å². The van der Waals surface area contributed by atoms with Gasteiger partial charge in [-0.25, -0.2) is 4.79 Å². The van der Waals surface area contributed by atoms with E-state index in [1.165, 1.54) is 0 Å². The van der Waals surface area contributed by atoms with E-state index in [0.717, 1.165) is 0 Å². The second-order valence-electron chi connectivity index (χ2n) is 10.9. The van der Waals surface area contributed by atoms with Crippen LogP contribution >= 0.6 is 0 Å². The summed E-state index contributed by atoms with van der Waals surface area (Å²) in [5, 5.41) is 22.6. The van der Waals surface area contributed by atoms with Crippen LogP contribution in [-0.4, -0.2) is 72.9 Å². The number of benzene rings is 3. The number of hydrogen-bond acceptors (Lipinski definition) is 12. The average Bonchev–Trinajstić information content (AvgIpc) is 3.74. The predicted molar refractivity (Wildman–Crippen MR) is 137 cm³/mol. The minimum atomic E-state index is -1.27. The lowest BCUT2D eigenvalue weighted by atomic mass is 9.89. The molecule has 214 valence electrons. The van der Waals surface area contributed by atoms with Gasteiger partial charge in [-0.2, -0.15) is 0 Å². The van der Waals surface area contributed by atoms with Gasteiger partial charge in [-0.1, -0.05) is 6.07 Å². The Morgan fingerprint density at radius 1 is 0.878 bits per heavy atom. The number of aliphatic hydroxyl groups is 2. The molecule has 2 fully saturated rings. The number of cyclic esters (lactones) is 1. The zero-order chi connectivity index (χ0) is 28.0. The molecule has 0 saturated carbocycles. The lowest BCUT2D eigenvalue weighted by molar-refractivity contribution is -0.254. The van der Waals surface area contributed by atoms with E-state index in [2.05, 4.69) is 0 Å². The van der Waals surface area contributed by atoms with E-state index in [1.54, 1.807) is 32.0 Å². The van der Waals surface area contributed by atoms with Gasteiger partial charge in [0.15, 0.2) is 28.8 Å². The van der Waals surface area contributed by atoms with Crippen molar-refractivity contribution < 1.29 is 57.6 Å². The summed E-state index contributed by atoms with van der Waals surface area (Å²) in [6, 6.07) is 9.01. The SMILES string of the molecule is CC1(C)OC2C(CO)OC(Oc3c4c(c(-c5ccc6c(c5)OCO6)c5cc6c(cc35)OCO6)C(=O)OC4)C(O)C2O1. The Morgan fingerprint density at radius 3 is 2.32 bits per heavy atom. The van der Waals surface area contributed by atoms with Crippen molar-refractivity contribution in [3.8, 4) is 39.9 Å². The van der Waals surface area contributed by atoms with Crippen molar-refractivity contribution in [1.29, 1.82) is 0 Å². The zero-order valence-corrected chi connectivity index (χ0v) is 22.1. The van der Waals surface area contributed by atoms with Crippen molar-refractivity contribution in [3.05, 3.63) is 41.5 Å². The van der Waals surface area contributed by atoms with Crippen LogP contribution in [0.3, 0.4) is 0 Å². The Bertz CT molecular complexity index is 1600. The first-order valence-corrected chi connectivity index (χ1v) is 13.3. The molecule has 5 unspecified atom stereocenters. The van der Waals surface area contributed by atoms with E-state index >= 15 is 0 Å². The van der Waals surface area contributed by atoms with Crippen LogP contribution in [0.1, 0.15) is 29.8 Å². The highest BCUT2D eigenvalue weighted by atomic mass is 16.8. The minimum absolute atomic E-state index is 0.0434. The number of carbonyl (C=O) groups is 1. The summed E-state index contributed by atoms with van der Waals surface area (Å²) in [7, 11) is 0. The maximum atomic E-state index is 13.3. The van der Waals surface area contributed by atoms with Crippen LogP contribution in [0.2, 0.25) is 0 Å². The molecule has 0 aromatic heterocycles. The fraction of sp³-hybridized carbons (Fsp3) is 0.414. The van der Waals surface area contributed by atoms with Gasteiger partial charge in [-0.05, 0) is 49.1 Å². The summed E-state index contributed by atoms with van der Waals surface area (Å²) < 4.78 is 52.2. The summed E-state index contributed by atoms with van der Waals surface area (Å²) in [6.45, 7) is 3.16. The highest BCUT2D eigenvalue weighted by Crippen LogP contribution is 2.50. The van der Waals surface area contributed by atoms with Gasteiger partial charge in [0.25, 0.3) is 0 Å². The van der Waals surface area contributed by atoms with Crippen LogP contribution < -0.4 is 23.7 Å². The van der Waals surface area contributed by atoms with Crippen molar-refractivity contribution in [2.75, 3.05) is 20.2 Å². The van der Waals surface area contributed by atoms with Crippen LogP contribution in [0.15, 0.2) is 30.3 Å². The Hall–Kier alpha value is -3.81. The van der Waals surface area contributed by atoms with Gasteiger partial charge in [-0.3, -0.25) is 0 Å². The number of fused-ring (bicyclic) bond motifs is 5. The molecule has 5 heterocycles. The maximum Gasteiger partial charge on any atom is 0.339 e. The van der Waals surface area contributed by atoms with Gasteiger partial charge in [0.1, 0.15) is 36.8 Å². The lowest BCUT2D eigenvalue weighted by Gasteiger charge is -2.39. The number of carbonyl (C=O) groups excluding carboxylic acids is 1. The first-order valence-electron chi connectivity index (χ1n) is 13.3. The molecule has 5 aliphatic rings. The number of ether oxygens (including phenoxy) is 9. The smallest absolute Gasteiger partial charge is 0.339 e. The van der Waals surface area contributed by atoms with Crippen LogP contribution in [0.5, 0.6) is 28.7 Å². The first kappa shape index (κ1) is 24.9. The Morgan fingerprint density at radius 2 is 1.56 bits per heavy atom. The van der Waals surface area contributed by atoms with Gasteiger partial charge in [0, 0.05) is 16.5 Å². The molecule has 0 spiro atoms.